The van der Waals surface area contributed by atoms with Gasteiger partial charge in [-0.2, -0.15) is 0 Å². The van der Waals surface area contributed by atoms with Crippen LogP contribution in [0.3, 0.4) is 0 Å². The maximum atomic E-state index is 11.4. The molecule has 0 atom stereocenters. The van der Waals surface area contributed by atoms with Gasteiger partial charge in [-0.25, -0.2) is 15.6 Å². The van der Waals surface area contributed by atoms with E-state index in [2.05, 4.69) is 5.32 Å². The Morgan fingerprint density at radius 1 is 1.50 bits per heavy atom. The first-order valence-corrected chi connectivity index (χ1v) is 4.55. The number of carbonyl (C=O) groups is 1. The fraction of sp³-hybridized carbons (Fsp3) is 0.300. The molecule has 0 aliphatic carbocycles. The number of amides is 2. The molecule has 0 aliphatic heterocycles. The van der Waals surface area contributed by atoms with Crippen LogP contribution >= 0.6 is 0 Å². The second-order valence-electron chi connectivity index (χ2n) is 2.99. The highest BCUT2D eigenvalue weighted by Gasteiger charge is 2.11. The first-order valence-electron chi connectivity index (χ1n) is 4.55. The van der Waals surface area contributed by atoms with Gasteiger partial charge in [0.1, 0.15) is 0 Å². The van der Waals surface area contributed by atoms with E-state index in [0.717, 1.165) is 16.3 Å². The molecule has 4 nitrogen and oxygen atoms in total. The number of urea groups is 1. The molecule has 14 heavy (non-hydrogen) atoms. The van der Waals surface area contributed by atoms with Crippen LogP contribution in [-0.2, 0) is 0 Å². The maximum Gasteiger partial charge on any atom is 0.336 e. The molecule has 0 spiro atoms. The minimum atomic E-state index is -0.290. The molecule has 1 aromatic carbocycles. The lowest BCUT2D eigenvalue weighted by Gasteiger charge is -2.18. The van der Waals surface area contributed by atoms with Crippen molar-refractivity contribution in [3.63, 3.8) is 0 Å². The van der Waals surface area contributed by atoms with Crippen LogP contribution in [0.15, 0.2) is 24.3 Å². The fourth-order valence-electron chi connectivity index (χ4n) is 1.18. The summed E-state index contributed by atoms with van der Waals surface area (Å²) in [5.41, 5.74) is 1.69. The van der Waals surface area contributed by atoms with E-state index < -0.39 is 0 Å². The normalized spacial score (nSPS) is 9.64. The zero-order valence-electron chi connectivity index (χ0n) is 8.45. The summed E-state index contributed by atoms with van der Waals surface area (Å²) in [7, 11) is 0. The highest BCUT2D eigenvalue weighted by Crippen LogP contribution is 2.16. The molecule has 76 valence electrons. The summed E-state index contributed by atoms with van der Waals surface area (Å²) in [6, 6.07) is 7.19. The van der Waals surface area contributed by atoms with Crippen molar-refractivity contribution in [1.82, 2.24) is 5.32 Å². The van der Waals surface area contributed by atoms with E-state index in [9.17, 15) is 4.79 Å². The number of hydrazine groups is 1. The van der Waals surface area contributed by atoms with E-state index >= 15 is 0 Å². The van der Waals surface area contributed by atoms with Gasteiger partial charge < -0.3 is 5.32 Å². The van der Waals surface area contributed by atoms with Gasteiger partial charge in [0, 0.05) is 6.54 Å². The molecule has 3 N–H and O–H groups in total. The standard InChI is InChI=1S/C10H15N3O/c1-3-12-10(14)13(11)9-7-5-4-6-8(9)2/h4-7H,3,11H2,1-2H3,(H,12,14). The molecule has 0 aromatic heterocycles. The summed E-state index contributed by atoms with van der Waals surface area (Å²) in [5, 5.41) is 3.76. The van der Waals surface area contributed by atoms with Crippen LogP contribution in [0.4, 0.5) is 10.5 Å². The van der Waals surface area contributed by atoms with Crippen LogP contribution in [0, 0.1) is 6.92 Å². The number of hydrogen-bond donors (Lipinski definition) is 2. The summed E-state index contributed by atoms with van der Waals surface area (Å²) in [4.78, 5) is 11.4. The van der Waals surface area contributed by atoms with E-state index in [1.165, 1.54) is 0 Å². The van der Waals surface area contributed by atoms with Gasteiger partial charge in [0.2, 0.25) is 0 Å². The van der Waals surface area contributed by atoms with E-state index in [0.29, 0.717) is 6.54 Å². The Balaban J connectivity index is 2.84. The molecule has 0 fully saturated rings. The first kappa shape index (κ1) is 10.5. The fourth-order valence-corrected chi connectivity index (χ4v) is 1.18. The van der Waals surface area contributed by atoms with E-state index in [1.54, 1.807) is 0 Å². The summed E-state index contributed by atoms with van der Waals surface area (Å²) in [6.07, 6.45) is 0. The Labute approximate surface area is 83.7 Å². The van der Waals surface area contributed by atoms with Crippen molar-refractivity contribution in [3.8, 4) is 0 Å². The predicted octanol–water partition coefficient (Wildman–Crippen LogP) is 1.40. The van der Waals surface area contributed by atoms with Gasteiger partial charge in [-0.3, -0.25) is 0 Å². The summed E-state index contributed by atoms with van der Waals surface area (Å²) in [6.45, 7) is 4.33. The van der Waals surface area contributed by atoms with Crippen LogP contribution in [0.2, 0.25) is 0 Å². The highest BCUT2D eigenvalue weighted by molar-refractivity contribution is 5.91. The van der Waals surface area contributed by atoms with Crippen molar-refractivity contribution in [3.05, 3.63) is 29.8 Å². The monoisotopic (exact) mass is 193 g/mol. The van der Waals surface area contributed by atoms with Crippen molar-refractivity contribution in [2.24, 2.45) is 5.84 Å². The molecule has 0 saturated heterocycles. The topological polar surface area (TPSA) is 58.4 Å². The first-order chi connectivity index (χ1) is 6.66. The van der Waals surface area contributed by atoms with Crippen LogP contribution < -0.4 is 16.2 Å². The average molecular weight is 193 g/mol. The number of nitrogens with one attached hydrogen (secondary N) is 1. The summed E-state index contributed by atoms with van der Waals surface area (Å²) < 4.78 is 0. The van der Waals surface area contributed by atoms with E-state index in [1.807, 2.05) is 38.1 Å². The third kappa shape index (κ3) is 2.23. The third-order valence-electron chi connectivity index (χ3n) is 1.92. The average Bonchev–Trinajstić information content (AvgIpc) is 2.18. The number of para-hydroxylation sites is 1. The second-order valence-corrected chi connectivity index (χ2v) is 2.99. The molecular formula is C10H15N3O. The van der Waals surface area contributed by atoms with Gasteiger partial charge in [0.05, 0.1) is 5.69 Å². The van der Waals surface area contributed by atoms with Gasteiger partial charge in [-0.1, -0.05) is 18.2 Å². The number of aryl methyl sites for hydroxylation is 1. The number of nitrogens with two attached hydrogens (primary N) is 1. The molecule has 0 radical (unpaired) electrons. The van der Waals surface area contributed by atoms with Gasteiger partial charge in [0.15, 0.2) is 0 Å². The quantitative estimate of drug-likeness (QED) is 0.424. The molecule has 0 bridgehead atoms. The third-order valence-corrected chi connectivity index (χ3v) is 1.92. The molecule has 1 rings (SSSR count). The minimum absolute atomic E-state index is 0.290. The SMILES string of the molecule is CCNC(=O)N(N)c1ccccc1C. The number of anilines is 1. The number of rotatable bonds is 2. The molecule has 1 aromatic rings. The zero-order chi connectivity index (χ0) is 10.6. The second kappa shape index (κ2) is 4.62. The Morgan fingerprint density at radius 3 is 2.71 bits per heavy atom. The van der Waals surface area contributed by atoms with Gasteiger partial charge in [0.25, 0.3) is 0 Å². The number of hydrogen-bond acceptors (Lipinski definition) is 2. The zero-order valence-corrected chi connectivity index (χ0v) is 8.45. The van der Waals surface area contributed by atoms with Crippen LogP contribution in [0.25, 0.3) is 0 Å². The molecule has 0 saturated carbocycles. The number of nitrogens with zero attached hydrogens (tertiary/aromatic N) is 1. The van der Waals surface area contributed by atoms with Gasteiger partial charge >= 0.3 is 6.03 Å². The Kier molecular flexibility index (Phi) is 3.48. The molecular weight excluding hydrogens is 178 g/mol. The van der Waals surface area contributed by atoms with Crippen LogP contribution in [0.1, 0.15) is 12.5 Å². The van der Waals surface area contributed by atoms with Crippen molar-refractivity contribution in [2.45, 2.75) is 13.8 Å². The predicted molar refractivity (Wildman–Crippen MR) is 56.9 cm³/mol. The smallest absolute Gasteiger partial charge is 0.336 e. The lowest BCUT2D eigenvalue weighted by atomic mass is 10.2. The molecule has 4 heteroatoms. The maximum absolute atomic E-state index is 11.4. The lowest BCUT2D eigenvalue weighted by Crippen LogP contribution is -2.45. The van der Waals surface area contributed by atoms with Crippen LogP contribution in [-0.4, -0.2) is 12.6 Å². The summed E-state index contributed by atoms with van der Waals surface area (Å²) in [5.74, 6) is 5.65. The lowest BCUT2D eigenvalue weighted by molar-refractivity contribution is 0.247. The minimum Gasteiger partial charge on any atom is -0.337 e. The Morgan fingerprint density at radius 2 is 2.14 bits per heavy atom. The Hall–Kier alpha value is -1.55. The molecule has 0 aliphatic rings. The van der Waals surface area contributed by atoms with Crippen LogP contribution in [0.5, 0.6) is 0 Å². The van der Waals surface area contributed by atoms with Crippen molar-refractivity contribution < 1.29 is 4.79 Å². The summed E-state index contributed by atoms with van der Waals surface area (Å²) >= 11 is 0. The van der Waals surface area contributed by atoms with Gasteiger partial charge in [-0.05, 0) is 25.5 Å². The number of benzene rings is 1. The van der Waals surface area contributed by atoms with Gasteiger partial charge in [-0.15, -0.1) is 0 Å². The highest BCUT2D eigenvalue weighted by atomic mass is 16.2. The van der Waals surface area contributed by atoms with E-state index in [4.69, 9.17) is 5.84 Å². The molecule has 2 amide bonds. The molecule has 0 heterocycles. The largest absolute Gasteiger partial charge is 0.337 e. The Bertz CT molecular complexity index is 325. The number of carbonyl (C=O) groups excluding carboxylic acids is 1. The van der Waals surface area contributed by atoms with E-state index in [-0.39, 0.29) is 6.03 Å². The van der Waals surface area contributed by atoms with Crippen molar-refractivity contribution in [2.75, 3.05) is 11.6 Å². The van der Waals surface area contributed by atoms with Crippen molar-refractivity contribution >= 4 is 11.7 Å². The van der Waals surface area contributed by atoms with Crippen molar-refractivity contribution in [1.29, 1.82) is 0 Å². The molecule has 0 unspecified atom stereocenters.